The Balaban J connectivity index is 2.44. The minimum atomic E-state index is -0.324. The van der Waals surface area contributed by atoms with E-state index in [9.17, 15) is 4.39 Å². The first kappa shape index (κ1) is 13.5. The van der Waals surface area contributed by atoms with Crippen molar-refractivity contribution in [3.63, 3.8) is 0 Å². The molecule has 18 heavy (non-hydrogen) atoms. The molecule has 0 saturated heterocycles. The van der Waals surface area contributed by atoms with Gasteiger partial charge in [-0.1, -0.05) is 18.5 Å². The zero-order valence-corrected chi connectivity index (χ0v) is 11.8. The molecule has 1 aromatic heterocycles. The molecule has 1 N–H and O–H groups in total. The molecule has 2 aromatic rings. The van der Waals surface area contributed by atoms with Gasteiger partial charge in [0.05, 0.1) is 5.69 Å². The van der Waals surface area contributed by atoms with Crippen LogP contribution in [0.2, 0.25) is 5.02 Å². The van der Waals surface area contributed by atoms with Crippen LogP contribution in [-0.2, 0) is 13.0 Å². The maximum atomic E-state index is 13.8. The Bertz CT molecular complexity index is 554. The fraction of sp³-hybridized carbons (Fsp3) is 0.308. The summed E-state index contributed by atoms with van der Waals surface area (Å²) in [6.07, 6.45) is 0.850. The van der Waals surface area contributed by atoms with Gasteiger partial charge < -0.3 is 5.32 Å². The molecular weight excluding hydrogens is 271 g/mol. The minimum absolute atomic E-state index is 0.324. The third kappa shape index (κ3) is 2.71. The SMILES string of the molecule is CCc1nc(-c2ccc(Cl)cc2F)sc1CNC. The Morgan fingerprint density at radius 1 is 1.44 bits per heavy atom. The van der Waals surface area contributed by atoms with E-state index < -0.39 is 0 Å². The maximum Gasteiger partial charge on any atom is 0.134 e. The number of hydrogen-bond acceptors (Lipinski definition) is 3. The second-order valence-corrected chi connectivity index (χ2v) is 5.42. The second kappa shape index (κ2) is 5.78. The van der Waals surface area contributed by atoms with Crippen LogP contribution in [0.5, 0.6) is 0 Å². The average Bonchev–Trinajstić information content (AvgIpc) is 2.72. The summed E-state index contributed by atoms with van der Waals surface area (Å²) in [4.78, 5) is 5.66. The Labute approximate surface area is 115 Å². The highest BCUT2D eigenvalue weighted by molar-refractivity contribution is 7.15. The Kier molecular flexibility index (Phi) is 4.32. The van der Waals surface area contributed by atoms with E-state index in [1.807, 2.05) is 7.05 Å². The van der Waals surface area contributed by atoms with Crippen molar-refractivity contribution in [2.45, 2.75) is 19.9 Å². The monoisotopic (exact) mass is 284 g/mol. The lowest BCUT2D eigenvalue weighted by Crippen LogP contribution is -2.05. The maximum absolute atomic E-state index is 13.8. The molecule has 5 heteroatoms. The number of thiazole rings is 1. The third-order valence-electron chi connectivity index (χ3n) is 2.61. The van der Waals surface area contributed by atoms with Gasteiger partial charge in [0.25, 0.3) is 0 Å². The molecule has 0 amide bonds. The zero-order chi connectivity index (χ0) is 13.1. The van der Waals surface area contributed by atoms with Crippen LogP contribution in [0, 0.1) is 5.82 Å². The molecule has 0 bridgehead atoms. The van der Waals surface area contributed by atoms with Crippen LogP contribution in [0.3, 0.4) is 0 Å². The molecule has 0 aliphatic carbocycles. The molecule has 0 spiro atoms. The molecule has 2 nitrogen and oxygen atoms in total. The number of rotatable bonds is 4. The molecule has 1 aromatic carbocycles. The molecular formula is C13H14ClFN2S. The quantitative estimate of drug-likeness (QED) is 0.921. The number of halogens is 2. The lowest BCUT2D eigenvalue weighted by molar-refractivity contribution is 0.631. The second-order valence-electron chi connectivity index (χ2n) is 3.90. The van der Waals surface area contributed by atoms with Gasteiger partial charge in [0, 0.05) is 22.0 Å². The molecule has 0 aliphatic rings. The third-order valence-corrected chi connectivity index (χ3v) is 3.98. The zero-order valence-electron chi connectivity index (χ0n) is 10.3. The van der Waals surface area contributed by atoms with Crippen molar-refractivity contribution < 1.29 is 4.39 Å². The molecule has 0 atom stereocenters. The van der Waals surface area contributed by atoms with Crippen molar-refractivity contribution in [2.75, 3.05) is 7.05 Å². The van der Waals surface area contributed by atoms with Crippen LogP contribution in [0.15, 0.2) is 18.2 Å². The van der Waals surface area contributed by atoms with Crippen LogP contribution in [0.4, 0.5) is 4.39 Å². The highest BCUT2D eigenvalue weighted by Gasteiger charge is 2.14. The highest BCUT2D eigenvalue weighted by atomic mass is 35.5. The van der Waals surface area contributed by atoms with Crippen LogP contribution >= 0.6 is 22.9 Å². The molecule has 0 fully saturated rings. The number of benzene rings is 1. The van der Waals surface area contributed by atoms with Gasteiger partial charge in [-0.25, -0.2) is 9.37 Å². The summed E-state index contributed by atoms with van der Waals surface area (Å²) >= 11 is 7.28. The predicted molar refractivity (Wildman–Crippen MR) is 74.7 cm³/mol. The Morgan fingerprint density at radius 2 is 2.22 bits per heavy atom. The van der Waals surface area contributed by atoms with E-state index >= 15 is 0 Å². The fourth-order valence-electron chi connectivity index (χ4n) is 1.74. The first-order valence-electron chi connectivity index (χ1n) is 5.74. The van der Waals surface area contributed by atoms with Crippen molar-refractivity contribution in [3.05, 3.63) is 39.6 Å². The summed E-state index contributed by atoms with van der Waals surface area (Å²) in [7, 11) is 1.89. The first-order valence-corrected chi connectivity index (χ1v) is 6.93. The molecule has 0 unspecified atom stereocenters. The van der Waals surface area contributed by atoms with E-state index in [1.54, 1.807) is 12.1 Å². The number of aryl methyl sites for hydroxylation is 1. The van der Waals surface area contributed by atoms with Gasteiger partial charge >= 0.3 is 0 Å². The molecule has 1 heterocycles. The van der Waals surface area contributed by atoms with Gasteiger partial charge in [-0.2, -0.15) is 0 Å². The van der Waals surface area contributed by atoms with Gasteiger partial charge in [0.15, 0.2) is 0 Å². The largest absolute Gasteiger partial charge is 0.315 e. The molecule has 0 saturated carbocycles. The van der Waals surface area contributed by atoms with E-state index in [1.165, 1.54) is 17.4 Å². The lowest BCUT2D eigenvalue weighted by Gasteiger charge is -1.98. The fourth-order valence-corrected chi connectivity index (χ4v) is 3.08. The van der Waals surface area contributed by atoms with E-state index in [2.05, 4.69) is 17.2 Å². The summed E-state index contributed by atoms with van der Waals surface area (Å²) in [6, 6.07) is 4.69. The molecule has 2 rings (SSSR count). The Hall–Kier alpha value is -0.970. The molecule has 96 valence electrons. The van der Waals surface area contributed by atoms with Crippen molar-refractivity contribution in [3.8, 4) is 10.6 Å². The summed E-state index contributed by atoms with van der Waals surface area (Å²) in [6.45, 7) is 2.81. The van der Waals surface area contributed by atoms with Crippen LogP contribution in [-0.4, -0.2) is 12.0 Å². The van der Waals surface area contributed by atoms with E-state index in [0.717, 1.165) is 23.5 Å². The molecule has 0 radical (unpaired) electrons. The van der Waals surface area contributed by atoms with Gasteiger partial charge in [-0.3, -0.25) is 0 Å². The van der Waals surface area contributed by atoms with Crippen molar-refractivity contribution in [2.24, 2.45) is 0 Å². The number of nitrogens with one attached hydrogen (secondary N) is 1. The standard InChI is InChI=1S/C13H14ClFN2S/c1-3-11-12(7-16-2)18-13(17-11)9-5-4-8(14)6-10(9)15/h4-6,16H,3,7H2,1-2H3. The van der Waals surface area contributed by atoms with Crippen molar-refractivity contribution >= 4 is 22.9 Å². The summed E-state index contributed by atoms with van der Waals surface area (Å²) < 4.78 is 13.8. The number of hydrogen-bond donors (Lipinski definition) is 1. The van der Waals surface area contributed by atoms with Gasteiger partial charge in [0.1, 0.15) is 10.8 Å². The summed E-state index contributed by atoms with van der Waals surface area (Å²) in [5, 5.41) is 4.22. The predicted octanol–water partition coefficient (Wildman–Crippen LogP) is 3.88. The molecule has 0 aliphatic heterocycles. The van der Waals surface area contributed by atoms with Gasteiger partial charge in [-0.15, -0.1) is 11.3 Å². The number of aromatic nitrogens is 1. The summed E-state index contributed by atoms with van der Waals surface area (Å²) in [5.74, 6) is -0.324. The van der Waals surface area contributed by atoms with Gasteiger partial charge in [-0.05, 0) is 31.7 Å². The summed E-state index contributed by atoms with van der Waals surface area (Å²) in [5.41, 5.74) is 1.54. The highest BCUT2D eigenvalue weighted by Crippen LogP contribution is 2.31. The topological polar surface area (TPSA) is 24.9 Å². The lowest BCUT2D eigenvalue weighted by atomic mass is 10.2. The first-order chi connectivity index (χ1) is 8.65. The van der Waals surface area contributed by atoms with E-state index in [4.69, 9.17) is 11.6 Å². The van der Waals surface area contributed by atoms with E-state index in [-0.39, 0.29) is 5.82 Å². The van der Waals surface area contributed by atoms with Gasteiger partial charge in [0.2, 0.25) is 0 Å². The number of nitrogens with zero attached hydrogens (tertiary/aromatic N) is 1. The van der Waals surface area contributed by atoms with Crippen molar-refractivity contribution in [1.82, 2.24) is 10.3 Å². The van der Waals surface area contributed by atoms with E-state index in [0.29, 0.717) is 15.6 Å². The minimum Gasteiger partial charge on any atom is -0.315 e. The smallest absolute Gasteiger partial charge is 0.134 e. The van der Waals surface area contributed by atoms with Crippen molar-refractivity contribution in [1.29, 1.82) is 0 Å². The van der Waals surface area contributed by atoms with Crippen LogP contribution in [0.25, 0.3) is 10.6 Å². The van der Waals surface area contributed by atoms with Crippen LogP contribution < -0.4 is 5.32 Å². The normalized spacial score (nSPS) is 10.9. The van der Waals surface area contributed by atoms with Crippen LogP contribution in [0.1, 0.15) is 17.5 Å². The average molecular weight is 285 g/mol. The Morgan fingerprint density at radius 3 is 2.83 bits per heavy atom.